The summed E-state index contributed by atoms with van der Waals surface area (Å²) >= 11 is 0. The summed E-state index contributed by atoms with van der Waals surface area (Å²) in [6.07, 6.45) is 0. The quantitative estimate of drug-likeness (QED) is 0.882. The predicted octanol–water partition coefficient (Wildman–Crippen LogP) is 1.95. The van der Waals surface area contributed by atoms with E-state index in [1.807, 2.05) is 0 Å². The van der Waals surface area contributed by atoms with Crippen LogP contribution in [0.5, 0.6) is 5.75 Å². The van der Waals surface area contributed by atoms with Gasteiger partial charge < -0.3 is 10.5 Å². The molecule has 0 radical (unpaired) electrons. The Morgan fingerprint density at radius 2 is 1.85 bits per heavy atom. The lowest BCUT2D eigenvalue weighted by atomic mass is 10.2. The van der Waals surface area contributed by atoms with Crippen LogP contribution in [0.15, 0.2) is 53.4 Å². The maximum absolute atomic E-state index is 12.2. The first-order valence-corrected chi connectivity index (χ1v) is 7.50. The summed E-state index contributed by atoms with van der Waals surface area (Å²) < 4.78 is 32.2. The minimum Gasteiger partial charge on any atom is -0.495 e. The number of ether oxygens (including phenoxy) is 1. The molecule has 0 unspecified atom stereocenters. The van der Waals surface area contributed by atoms with E-state index < -0.39 is 10.0 Å². The Kier molecular flexibility index (Phi) is 4.26. The van der Waals surface area contributed by atoms with Crippen molar-refractivity contribution in [1.82, 2.24) is 0 Å². The van der Waals surface area contributed by atoms with E-state index in [1.165, 1.54) is 19.2 Å². The van der Waals surface area contributed by atoms with E-state index in [4.69, 9.17) is 10.5 Å². The van der Waals surface area contributed by atoms with Crippen LogP contribution in [0.3, 0.4) is 0 Å². The Morgan fingerprint density at radius 1 is 1.15 bits per heavy atom. The lowest BCUT2D eigenvalue weighted by Gasteiger charge is -2.12. The first-order chi connectivity index (χ1) is 9.56. The third-order valence-electron chi connectivity index (χ3n) is 2.80. The van der Waals surface area contributed by atoms with E-state index in [2.05, 4.69) is 4.72 Å². The number of nitrogens with one attached hydrogen (secondary N) is 1. The molecule has 3 N–H and O–H groups in total. The highest BCUT2D eigenvalue weighted by Gasteiger charge is 2.16. The maximum atomic E-state index is 12.2. The number of sulfonamides is 1. The molecule has 0 aromatic heterocycles. The summed E-state index contributed by atoms with van der Waals surface area (Å²) in [4.78, 5) is 0.199. The molecule has 20 heavy (non-hydrogen) atoms. The van der Waals surface area contributed by atoms with Gasteiger partial charge in [-0.15, -0.1) is 0 Å². The topological polar surface area (TPSA) is 81.4 Å². The molecule has 0 aliphatic rings. The van der Waals surface area contributed by atoms with Crippen molar-refractivity contribution in [2.75, 3.05) is 11.8 Å². The predicted molar refractivity (Wildman–Crippen MR) is 78.1 cm³/mol. The van der Waals surface area contributed by atoms with E-state index >= 15 is 0 Å². The summed E-state index contributed by atoms with van der Waals surface area (Å²) in [6, 6.07) is 13.3. The summed E-state index contributed by atoms with van der Waals surface area (Å²) in [7, 11) is -2.14. The zero-order chi connectivity index (χ0) is 14.6. The first kappa shape index (κ1) is 14.4. The molecule has 5 nitrogen and oxygen atoms in total. The molecule has 2 rings (SSSR count). The minimum absolute atomic E-state index is 0.199. The molecule has 0 aliphatic carbocycles. The second-order valence-corrected chi connectivity index (χ2v) is 5.84. The molecule has 0 heterocycles. The van der Waals surface area contributed by atoms with E-state index in [0.717, 1.165) is 5.56 Å². The lowest BCUT2D eigenvalue weighted by molar-refractivity contribution is 0.416. The second-order valence-electron chi connectivity index (χ2n) is 4.16. The molecular weight excluding hydrogens is 276 g/mol. The van der Waals surface area contributed by atoms with Crippen molar-refractivity contribution in [3.8, 4) is 5.75 Å². The van der Waals surface area contributed by atoms with Gasteiger partial charge in [0.15, 0.2) is 0 Å². The third-order valence-corrected chi connectivity index (χ3v) is 4.18. The van der Waals surface area contributed by atoms with Gasteiger partial charge >= 0.3 is 0 Å². The van der Waals surface area contributed by atoms with Crippen LogP contribution in [0.25, 0.3) is 0 Å². The fraction of sp³-hybridized carbons (Fsp3) is 0.143. The minimum atomic E-state index is -3.63. The number of hydrogen-bond acceptors (Lipinski definition) is 4. The molecule has 0 aliphatic heterocycles. The van der Waals surface area contributed by atoms with Crippen molar-refractivity contribution in [3.63, 3.8) is 0 Å². The van der Waals surface area contributed by atoms with E-state index in [1.54, 1.807) is 36.4 Å². The van der Waals surface area contributed by atoms with Gasteiger partial charge in [-0.2, -0.15) is 0 Å². The Bertz CT molecular complexity index is 685. The third kappa shape index (κ3) is 3.09. The van der Waals surface area contributed by atoms with Crippen LogP contribution in [0.2, 0.25) is 0 Å². The Balaban J connectivity index is 2.35. The van der Waals surface area contributed by atoms with Gasteiger partial charge in [-0.05, 0) is 29.8 Å². The van der Waals surface area contributed by atoms with Gasteiger partial charge in [0.25, 0.3) is 10.0 Å². The van der Waals surface area contributed by atoms with Crippen LogP contribution in [0, 0.1) is 0 Å². The fourth-order valence-corrected chi connectivity index (χ4v) is 2.84. The zero-order valence-corrected chi connectivity index (χ0v) is 11.9. The average molecular weight is 292 g/mol. The molecule has 2 aromatic carbocycles. The number of anilines is 1. The Morgan fingerprint density at radius 3 is 2.45 bits per heavy atom. The van der Waals surface area contributed by atoms with Gasteiger partial charge in [0.2, 0.25) is 0 Å². The molecule has 0 fully saturated rings. The van der Waals surface area contributed by atoms with Crippen LogP contribution in [0.4, 0.5) is 5.69 Å². The molecule has 106 valence electrons. The first-order valence-electron chi connectivity index (χ1n) is 6.01. The van der Waals surface area contributed by atoms with E-state index in [0.29, 0.717) is 18.0 Å². The zero-order valence-electron chi connectivity index (χ0n) is 11.0. The lowest BCUT2D eigenvalue weighted by Crippen LogP contribution is -2.13. The van der Waals surface area contributed by atoms with Crippen molar-refractivity contribution in [2.24, 2.45) is 5.73 Å². The largest absolute Gasteiger partial charge is 0.495 e. The van der Waals surface area contributed by atoms with Gasteiger partial charge in [-0.25, -0.2) is 8.42 Å². The van der Waals surface area contributed by atoms with Gasteiger partial charge in [-0.1, -0.05) is 24.3 Å². The highest BCUT2D eigenvalue weighted by molar-refractivity contribution is 7.92. The molecule has 0 atom stereocenters. The Hall–Kier alpha value is -2.05. The summed E-state index contributed by atoms with van der Waals surface area (Å²) in [5.41, 5.74) is 6.80. The van der Waals surface area contributed by atoms with Crippen molar-refractivity contribution in [2.45, 2.75) is 11.4 Å². The smallest absolute Gasteiger partial charge is 0.262 e. The maximum Gasteiger partial charge on any atom is 0.262 e. The molecular formula is C14H16N2O3S. The molecule has 0 saturated heterocycles. The molecule has 0 bridgehead atoms. The molecule has 0 spiro atoms. The number of methoxy groups -OCH3 is 1. The van der Waals surface area contributed by atoms with Crippen LogP contribution in [-0.2, 0) is 16.6 Å². The highest BCUT2D eigenvalue weighted by atomic mass is 32.2. The SMILES string of the molecule is COc1cc(CN)ccc1NS(=O)(=O)c1ccccc1. The normalized spacial score (nSPS) is 11.1. The summed E-state index contributed by atoms with van der Waals surface area (Å²) in [5, 5.41) is 0. The van der Waals surface area contributed by atoms with Gasteiger partial charge in [-0.3, -0.25) is 4.72 Å². The fourth-order valence-electron chi connectivity index (χ4n) is 1.75. The average Bonchev–Trinajstić information content (AvgIpc) is 2.48. The Labute approximate surface area is 118 Å². The standard InChI is InChI=1S/C14H16N2O3S/c1-19-14-9-11(10-15)7-8-13(14)16-20(17,18)12-5-3-2-4-6-12/h2-9,16H,10,15H2,1H3. The second kappa shape index (κ2) is 5.94. The van der Waals surface area contributed by atoms with Crippen LogP contribution >= 0.6 is 0 Å². The summed E-state index contributed by atoms with van der Waals surface area (Å²) in [6.45, 7) is 0.363. The molecule has 2 aromatic rings. The van der Waals surface area contributed by atoms with Crippen molar-refractivity contribution in [1.29, 1.82) is 0 Å². The number of nitrogens with two attached hydrogens (primary N) is 1. The molecule has 0 saturated carbocycles. The molecule has 6 heteroatoms. The monoisotopic (exact) mass is 292 g/mol. The van der Waals surface area contributed by atoms with Crippen LogP contribution < -0.4 is 15.2 Å². The van der Waals surface area contributed by atoms with Gasteiger partial charge in [0.05, 0.1) is 17.7 Å². The van der Waals surface area contributed by atoms with Gasteiger partial charge in [0, 0.05) is 6.54 Å². The van der Waals surface area contributed by atoms with Crippen molar-refractivity contribution < 1.29 is 13.2 Å². The molecule has 0 amide bonds. The van der Waals surface area contributed by atoms with Crippen molar-refractivity contribution >= 4 is 15.7 Å². The summed E-state index contributed by atoms with van der Waals surface area (Å²) in [5.74, 6) is 0.437. The number of rotatable bonds is 5. The van der Waals surface area contributed by atoms with Crippen LogP contribution in [0.1, 0.15) is 5.56 Å². The van der Waals surface area contributed by atoms with Gasteiger partial charge in [0.1, 0.15) is 5.75 Å². The van der Waals surface area contributed by atoms with E-state index in [9.17, 15) is 8.42 Å². The highest BCUT2D eigenvalue weighted by Crippen LogP contribution is 2.27. The number of benzene rings is 2. The van der Waals surface area contributed by atoms with Crippen LogP contribution in [-0.4, -0.2) is 15.5 Å². The number of hydrogen-bond donors (Lipinski definition) is 2. The van der Waals surface area contributed by atoms with E-state index in [-0.39, 0.29) is 4.90 Å². The van der Waals surface area contributed by atoms with Crippen molar-refractivity contribution in [3.05, 3.63) is 54.1 Å².